The fourth-order valence-electron chi connectivity index (χ4n) is 4.06. The van der Waals surface area contributed by atoms with Crippen molar-refractivity contribution < 1.29 is 14.1 Å². The maximum atomic E-state index is 13.4. The molecule has 6 aromatic rings. The van der Waals surface area contributed by atoms with Gasteiger partial charge in [0.1, 0.15) is 5.82 Å². The molecule has 6 aromatic heterocycles. The number of halogens is 1. The highest BCUT2D eigenvalue weighted by Crippen LogP contribution is 2.28. The molecule has 6 rings (SSSR count). The molecule has 0 aliphatic heterocycles. The zero-order chi connectivity index (χ0) is 28.3. The van der Waals surface area contributed by atoms with E-state index in [1.165, 1.54) is 50.3 Å². The molecular formula is C27H18ClN7O4S2. The predicted molar refractivity (Wildman–Crippen MR) is 154 cm³/mol. The number of Topliss-reactive ketones (excluding diaryl/α,β-unsaturated/α-hetero) is 1. The van der Waals surface area contributed by atoms with Crippen LogP contribution in [0.3, 0.4) is 0 Å². The smallest absolute Gasteiger partial charge is 0.309 e. The van der Waals surface area contributed by atoms with Crippen LogP contribution in [-0.2, 0) is 13.1 Å². The van der Waals surface area contributed by atoms with Crippen molar-refractivity contribution in [3.05, 3.63) is 109 Å². The minimum atomic E-state index is -0.459. The standard InChI is InChI=1S/C27H18ClN7O4S2/c28-23-5-4-17(41-23)14-31-24-13-19(33-35(24)27(38)26-30-9-10-40-26)16-11-20(18-3-1-2-7-29-18)34(25(37)12-16)15-21(36)22-6-8-32-39-22/h1-13,31H,14-15H2. The third kappa shape index (κ3) is 5.63. The third-order valence-corrected chi connectivity index (χ3v) is 7.95. The Labute approximate surface area is 244 Å². The highest BCUT2D eigenvalue weighted by molar-refractivity contribution is 7.16. The minimum absolute atomic E-state index is 0.0372. The predicted octanol–water partition coefficient (Wildman–Crippen LogP) is 5.12. The number of rotatable bonds is 9. The van der Waals surface area contributed by atoms with Gasteiger partial charge in [0.2, 0.25) is 11.5 Å². The van der Waals surface area contributed by atoms with Crippen molar-refractivity contribution in [3.8, 4) is 22.6 Å². The Morgan fingerprint density at radius 3 is 2.61 bits per heavy atom. The summed E-state index contributed by atoms with van der Waals surface area (Å²) >= 11 is 8.69. The van der Waals surface area contributed by atoms with Crippen molar-refractivity contribution in [3.63, 3.8) is 0 Å². The molecule has 0 aliphatic carbocycles. The number of pyridine rings is 2. The topological polar surface area (TPSA) is 138 Å². The van der Waals surface area contributed by atoms with E-state index in [1.54, 1.807) is 54.2 Å². The average Bonchev–Trinajstić information content (AvgIpc) is 3.80. The average molecular weight is 604 g/mol. The highest BCUT2D eigenvalue weighted by Gasteiger charge is 2.22. The lowest BCUT2D eigenvalue weighted by atomic mass is 10.1. The summed E-state index contributed by atoms with van der Waals surface area (Å²) in [7, 11) is 0. The van der Waals surface area contributed by atoms with E-state index in [9.17, 15) is 14.4 Å². The monoisotopic (exact) mass is 603 g/mol. The third-order valence-electron chi connectivity index (χ3n) is 5.96. The summed E-state index contributed by atoms with van der Waals surface area (Å²) in [6.07, 6.45) is 4.50. The van der Waals surface area contributed by atoms with Crippen molar-refractivity contribution in [2.45, 2.75) is 13.1 Å². The fraction of sp³-hybridized carbons (Fsp3) is 0.0741. The van der Waals surface area contributed by atoms with Gasteiger partial charge in [-0.25, -0.2) is 4.98 Å². The lowest BCUT2D eigenvalue weighted by molar-refractivity contribution is 0.0931. The molecule has 204 valence electrons. The molecule has 0 aliphatic rings. The van der Waals surface area contributed by atoms with E-state index in [2.05, 4.69) is 25.5 Å². The quantitative estimate of drug-likeness (QED) is 0.223. The Balaban J connectivity index is 1.42. The van der Waals surface area contributed by atoms with Gasteiger partial charge < -0.3 is 9.84 Å². The molecule has 0 aromatic carbocycles. The Hall–Kier alpha value is -4.72. The number of thiophene rings is 1. The summed E-state index contributed by atoms with van der Waals surface area (Å²) in [6, 6.07) is 15.1. The largest absolute Gasteiger partial charge is 0.365 e. The van der Waals surface area contributed by atoms with Gasteiger partial charge in [-0.15, -0.1) is 22.7 Å². The summed E-state index contributed by atoms with van der Waals surface area (Å²) in [5, 5.41) is 13.3. The second-order valence-corrected chi connectivity index (χ2v) is 11.3. The number of hydrogen-bond acceptors (Lipinski definition) is 11. The van der Waals surface area contributed by atoms with Gasteiger partial charge in [-0.1, -0.05) is 22.8 Å². The van der Waals surface area contributed by atoms with Crippen LogP contribution in [0.1, 0.15) is 25.2 Å². The van der Waals surface area contributed by atoms with Crippen LogP contribution >= 0.6 is 34.3 Å². The molecule has 0 atom stereocenters. The summed E-state index contributed by atoms with van der Waals surface area (Å²) in [5.41, 5.74) is 1.21. The Kier molecular flexibility index (Phi) is 7.37. The van der Waals surface area contributed by atoms with E-state index in [1.807, 2.05) is 6.07 Å². The van der Waals surface area contributed by atoms with Crippen LogP contribution in [0.2, 0.25) is 4.34 Å². The van der Waals surface area contributed by atoms with E-state index in [4.69, 9.17) is 16.1 Å². The first kappa shape index (κ1) is 26.5. The van der Waals surface area contributed by atoms with Crippen LogP contribution < -0.4 is 10.9 Å². The van der Waals surface area contributed by atoms with Crippen molar-refractivity contribution in [1.29, 1.82) is 0 Å². The molecule has 0 unspecified atom stereocenters. The number of nitrogens with one attached hydrogen (secondary N) is 1. The van der Waals surface area contributed by atoms with E-state index in [-0.39, 0.29) is 17.3 Å². The molecule has 0 spiro atoms. The van der Waals surface area contributed by atoms with Crippen molar-refractivity contribution >= 4 is 51.8 Å². The number of carbonyl (C=O) groups is 2. The first-order valence-electron chi connectivity index (χ1n) is 12.1. The van der Waals surface area contributed by atoms with Crippen molar-refractivity contribution in [2.24, 2.45) is 0 Å². The number of thiazole rings is 1. The number of ketones is 1. The van der Waals surface area contributed by atoms with E-state index in [0.29, 0.717) is 39.3 Å². The number of aromatic nitrogens is 6. The first-order chi connectivity index (χ1) is 20.0. The van der Waals surface area contributed by atoms with Crippen LogP contribution in [0.25, 0.3) is 22.6 Å². The van der Waals surface area contributed by atoms with Gasteiger partial charge in [0.25, 0.3) is 5.56 Å². The van der Waals surface area contributed by atoms with Crippen LogP contribution in [-0.4, -0.2) is 41.2 Å². The summed E-state index contributed by atoms with van der Waals surface area (Å²) in [6.45, 7) is 0.117. The summed E-state index contributed by atoms with van der Waals surface area (Å²) < 4.78 is 8.17. The lowest BCUT2D eigenvalue weighted by Crippen LogP contribution is -2.25. The van der Waals surface area contributed by atoms with Gasteiger partial charge in [0.05, 0.1) is 40.7 Å². The summed E-state index contributed by atoms with van der Waals surface area (Å²) in [5.74, 6) is -0.397. The molecule has 0 radical (unpaired) electrons. The molecule has 1 N–H and O–H groups in total. The maximum Gasteiger partial charge on any atom is 0.309 e. The Bertz CT molecular complexity index is 1900. The van der Waals surface area contributed by atoms with Gasteiger partial charge in [-0.05, 0) is 30.3 Å². The fourth-order valence-corrected chi connectivity index (χ4v) is 5.65. The first-order valence-corrected chi connectivity index (χ1v) is 14.2. The highest BCUT2D eigenvalue weighted by atomic mass is 35.5. The van der Waals surface area contributed by atoms with E-state index < -0.39 is 17.2 Å². The molecule has 6 heterocycles. The number of anilines is 1. The molecule has 0 amide bonds. The normalized spacial score (nSPS) is 11.0. The molecule has 0 bridgehead atoms. The lowest BCUT2D eigenvalue weighted by Gasteiger charge is -2.12. The van der Waals surface area contributed by atoms with E-state index >= 15 is 0 Å². The summed E-state index contributed by atoms with van der Waals surface area (Å²) in [4.78, 5) is 49.0. The molecule has 14 heteroatoms. The zero-order valence-electron chi connectivity index (χ0n) is 20.9. The van der Waals surface area contributed by atoms with Gasteiger partial charge in [-0.3, -0.25) is 23.9 Å². The number of carbonyl (C=O) groups excluding carboxylic acids is 2. The Morgan fingerprint density at radius 2 is 1.90 bits per heavy atom. The van der Waals surface area contributed by atoms with Crippen molar-refractivity contribution in [1.82, 2.24) is 29.5 Å². The van der Waals surface area contributed by atoms with Crippen molar-refractivity contribution in [2.75, 3.05) is 5.32 Å². The number of nitrogens with zero attached hydrogens (tertiary/aromatic N) is 6. The molecule has 0 saturated heterocycles. The molecular weight excluding hydrogens is 586 g/mol. The molecule has 0 saturated carbocycles. The molecule has 11 nitrogen and oxygen atoms in total. The Morgan fingerprint density at radius 1 is 1.00 bits per heavy atom. The number of hydrogen-bond donors (Lipinski definition) is 1. The zero-order valence-corrected chi connectivity index (χ0v) is 23.3. The SMILES string of the molecule is O=C(Cn1c(-c2ccccn2)cc(-c2cc(NCc3ccc(Cl)s3)n(C(=O)c3nccs3)n2)cc1=O)c1ccno1. The van der Waals surface area contributed by atoms with Crippen LogP contribution in [0.4, 0.5) is 5.82 Å². The maximum absolute atomic E-state index is 13.4. The molecule has 41 heavy (non-hydrogen) atoms. The van der Waals surface area contributed by atoms with Gasteiger partial charge in [-0.2, -0.15) is 9.78 Å². The van der Waals surface area contributed by atoms with Crippen LogP contribution in [0.5, 0.6) is 0 Å². The van der Waals surface area contributed by atoms with Gasteiger partial charge >= 0.3 is 5.91 Å². The minimum Gasteiger partial charge on any atom is -0.365 e. The van der Waals surface area contributed by atoms with Crippen LogP contribution in [0.15, 0.2) is 87.9 Å². The second kappa shape index (κ2) is 11.4. The van der Waals surface area contributed by atoms with Gasteiger partial charge in [0.15, 0.2) is 5.01 Å². The molecule has 0 fully saturated rings. The van der Waals surface area contributed by atoms with E-state index in [0.717, 1.165) is 4.88 Å². The second-order valence-electron chi connectivity index (χ2n) is 8.60. The van der Waals surface area contributed by atoms with Gasteiger partial charge in [0, 0.05) is 46.4 Å². The van der Waals surface area contributed by atoms with Crippen LogP contribution in [0, 0.1) is 0 Å².